The molecular formula is C13H21N3O3S. The van der Waals surface area contributed by atoms with Crippen LogP contribution < -0.4 is 0 Å². The minimum atomic E-state index is -1.27. The summed E-state index contributed by atoms with van der Waals surface area (Å²) in [7, 11) is 0. The van der Waals surface area contributed by atoms with Crippen molar-refractivity contribution in [3.63, 3.8) is 0 Å². The highest BCUT2D eigenvalue weighted by Gasteiger charge is 2.39. The molecule has 0 aliphatic rings. The van der Waals surface area contributed by atoms with E-state index in [2.05, 4.69) is 9.59 Å². The highest BCUT2D eigenvalue weighted by Crippen LogP contribution is 2.28. The molecule has 6 nitrogen and oxygen atoms in total. The van der Waals surface area contributed by atoms with E-state index in [1.165, 1.54) is 18.7 Å². The molecule has 1 aromatic rings. The molecular weight excluding hydrogens is 278 g/mol. The van der Waals surface area contributed by atoms with E-state index in [1.54, 1.807) is 6.92 Å². The lowest BCUT2D eigenvalue weighted by Gasteiger charge is -2.34. The van der Waals surface area contributed by atoms with Crippen molar-refractivity contribution in [2.75, 3.05) is 6.54 Å². The third-order valence-corrected chi connectivity index (χ3v) is 3.87. The van der Waals surface area contributed by atoms with E-state index in [1.807, 2.05) is 20.8 Å². The first kappa shape index (κ1) is 16.6. The summed E-state index contributed by atoms with van der Waals surface area (Å²) in [6, 6.07) is 0. The van der Waals surface area contributed by atoms with Crippen molar-refractivity contribution in [3.8, 4) is 0 Å². The molecule has 0 aliphatic carbocycles. The predicted molar refractivity (Wildman–Crippen MR) is 77.0 cm³/mol. The van der Waals surface area contributed by atoms with Gasteiger partial charge in [0.25, 0.3) is 5.91 Å². The molecule has 7 heteroatoms. The standard InChI is InChI=1S/C13H21N3O3S/c1-7-16(13(5,6)11(18)19)10(17)8-9(12(2,3)4)14-15-20-8/h7H2,1-6H3,(H,18,19). The number of aromatic nitrogens is 2. The van der Waals surface area contributed by atoms with Crippen LogP contribution in [0.25, 0.3) is 0 Å². The van der Waals surface area contributed by atoms with Crippen LogP contribution in [-0.2, 0) is 10.2 Å². The van der Waals surface area contributed by atoms with Gasteiger partial charge in [-0.3, -0.25) is 4.79 Å². The lowest BCUT2D eigenvalue weighted by Crippen LogP contribution is -2.53. The van der Waals surface area contributed by atoms with Crippen LogP contribution in [0, 0.1) is 0 Å². The lowest BCUT2D eigenvalue weighted by molar-refractivity contribution is -0.147. The van der Waals surface area contributed by atoms with Gasteiger partial charge in [0.2, 0.25) is 0 Å². The van der Waals surface area contributed by atoms with E-state index >= 15 is 0 Å². The Balaban J connectivity index is 3.24. The third kappa shape index (κ3) is 2.98. The van der Waals surface area contributed by atoms with Gasteiger partial charge in [0, 0.05) is 12.0 Å². The number of carbonyl (C=O) groups excluding carboxylic acids is 1. The van der Waals surface area contributed by atoms with E-state index in [9.17, 15) is 14.7 Å². The van der Waals surface area contributed by atoms with Gasteiger partial charge in [0.05, 0.1) is 5.69 Å². The third-order valence-electron chi connectivity index (χ3n) is 3.15. The molecule has 0 saturated carbocycles. The number of rotatable bonds is 4. The molecule has 20 heavy (non-hydrogen) atoms. The van der Waals surface area contributed by atoms with Crippen molar-refractivity contribution in [1.82, 2.24) is 14.5 Å². The Bertz CT molecular complexity index is 517. The van der Waals surface area contributed by atoms with Crippen LogP contribution in [0.1, 0.15) is 56.9 Å². The zero-order chi connectivity index (χ0) is 15.7. The van der Waals surface area contributed by atoms with E-state index in [0.29, 0.717) is 17.1 Å². The van der Waals surface area contributed by atoms with Crippen molar-refractivity contribution in [3.05, 3.63) is 10.6 Å². The fourth-order valence-electron chi connectivity index (χ4n) is 1.85. The van der Waals surface area contributed by atoms with Crippen molar-refractivity contribution in [2.45, 2.75) is 52.5 Å². The summed E-state index contributed by atoms with van der Waals surface area (Å²) in [6.07, 6.45) is 0. The van der Waals surface area contributed by atoms with Gasteiger partial charge in [-0.05, 0) is 32.3 Å². The van der Waals surface area contributed by atoms with Gasteiger partial charge in [-0.2, -0.15) is 0 Å². The maximum Gasteiger partial charge on any atom is 0.329 e. The average molecular weight is 299 g/mol. The summed E-state index contributed by atoms with van der Waals surface area (Å²) in [4.78, 5) is 25.7. The van der Waals surface area contributed by atoms with Crippen molar-refractivity contribution in [2.24, 2.45) is 0 Å². The smallest absolute Gasteiger partial charge is 0.329 e. The van der Waals surface area contributed by atoms with Gasteiger partial charge in [-0.15, -0.1) is 5.10 Å². The van der Waals surface area contributed by atoms with E-state index in [-0.39, 0.29) is 11.3 Å². The van der Waals surface area contributed by atoms with E-state index < -0.39 is 11.5 Å². The number of amides is 1. The highest BCUT2D eigenvalue weighted by atomic mass is 32.1. The Morgan fingerprint density at radius 3 is 2.20 bits per heavy atom. The maximum atomic E-state index is 12.6. The van der Waals surface area contributed by atoms with Crippen LogP contribution in [-0.4, -0.2) is 43.6 Å². The first-order valence-corrected chi connectivity index (χ1v) is 7.19. The second-order valence-corrected chi connectivity index (χ2v) is 6.87. The molecule has 0 aliphatic heterocycles. The number of nitrogens with zero attached hydrogens (tertiary/aromatic N) is 3. The Labute approximate surface area is 123 Å². The molecule has 0 radical (unpaired) electrons. The fraction of sp³-hybridized carbons (Fsp3) is 0.692. The predicted octanol–water partition coefficient (Wildman–Crippen LogP) is 2.16. The number of hydrogen-bond donors (Lipinski definition) is 1. The number of hydrogen-bond acceptors (Lipinski definition) is 5. The zero-order valence-corrected chi connectivity index (χ0v) is 13.5. The topological polar surface area (TPSA) is 83.4 Å². The fourth-order valence-corrected chi connectivity index (χ4v) is 2.68. The quantitative estimate of drug-likeness (QED) is 0.921. The maximum absolute atomic E-state index is 12.6. The van der Waals surface area contributed by atoms with Crippen molar-refractivity contribution >= 4 is 23.4 Å². The van der Waals surface area contributed by atoms with Crippen LogP contribution in [0.2, 0.25) is 0 Å². The average Bonchev–Trinajstić information content (AvgIpc) is 2.77. The largest absolute Gasteiger partial charge is 0.480 e. The Morgan fingerprint density at radius 1 is 1.25 bits per heavy atom. The van der Waals surface area contributed by atoms with Gasteiger partial charge >= 0.3 is 5.97 Å². The number of carboxylic acids is 1. The molecule has 0 bridgehead atoms. The SMILES string of the molecule is CCN(C(=O)c1snnc1C(C)(C)C)C(C)(C)C(=O)O. The normalized spacial score (nSPS) is 12.3. The molecule has 112 valence electrons. The second kappa shape index (κ2) is 5.47. The van der Waals surface area contributed by atoms with Gasteiger partial charge in [-0.25, -0.2) is 4.79 Å². The van der Waals surface area contributed by atoms with Gasteiger partial charge in [0.15, 0.2) is 0 Å². The lowest BCUT2D eigenvalue weighted by atomic mass is 9.91. The van der Waals surface area contributed by atoms with Crippen LogP contribution in [0.15, 0.2) is 0 Å². The Hall–Kier alpha value is -1.50. The molecule has 0 saturated heterocycles. The van der Waals surface area contributed by atoms with E-state index in [0.717, 1.165) is 11.5 Å². The number of aliphatic carboxylic acids is 1. The van der Waals surface area contributed by atoms with Crippen LogP contribution in [0.5, 0.6) is 0 Å². The van der Waals surface area contributed by atoms with Gasteiger partial charge in [-0.1, -0.05) is 25.3 Å². The first-order chi connectivity index (χ1) is 9.03. The molecule has 1 aromatic heterocycles. The minimum Gasteiger partial charge on any atom is -0.480 e. The summed E-state index contributed by atoms with van der Waals surface area (Å²) in [5.41, 5.74) is -0.984. The van der Waals surface area contributed by atoms with Crippen LogP contribution in [0.3, 0.4) is 0 Å². The van der Waals surface area contributed by atoms with Gasteiger partial charge < -0.3 is 10.0 Å². The van der Waals surface area contributed by atoms with Crippen molar-refractivity contribution < 1.29 is 14.7 Å². The van der Waals surface area contributed by atoms with E-state index in [4.69, 9.17) is 0 Å². The molecule has 0 spiro atoms. The monoisotopic (exact) mass is 299 g/mol. The minimum absolute atomic E-state index is 0.305. The highest BCUT2D eigenvalue weighted by molar-refractivity contribution is 7.08. The first-order valence-electron chi connectivity index (χ1n) is 6.41. The summed E-state index contributed by atoms with van der Waals surface area (Å²) in [6.45, 7) is 10.9. The van der Waals surface area contributed by atoms with Crippen LogP contribution >= 0.6 is 11.5 Å². The summed E-state index contributed by atoms with van der Waals surface area (Å²) >= 11 is 1.01. The molecule has 0 aromatic carbocycles. The van der Waals surface area contributed by atoms with Gasteiger partial charge in [0.1, 0.15) is 10.4 Å². The second-order valence-electron chi connectivity index (χ2n) is 6.11. The molecule has 0 unspecified atom stereocenters. The molecule has 0 atom stereocenters. The molecule has 1 N–H and O–H groups in total. The molecule has 1 amide bonds. The number of carbonyl (C=O) groups is 2. The Kier molecular flexibility index (Phi) is 4.53. The molecule has 1 rings (SSSR count). The summed E-state index contributed by atoms with van der Waals surface area (Å²) in [5, 5.41) is 13.3. The summed E-state index contributed by atoms with van der Waals surface area (Å²) < 4.78 is 3.85. The zero-order valence-electron chi connectivity index (χ0n) is 12.7. The summed E-state index contributed by atoms with van der Waals surface area (Å²) in [5.74, 6) is -1.37. The molecule has 1 heterocycles. The Morgan fingerprint density at radius 2 is 1.80 bits per heavy atom. The number of carboxylic acid groups (broad SMARTS) is 1. The molecule has 0 fully saturated rings. The van der Waals surface area contributed by atoms with Crippen LogP contribution in [0.4, 0.5) is 0 Å². The number of likely N-dealkylation sites (N-methyl/N-ethyl adjacent to an activating group) is 1. The van der Waals surface area contributed by atoms with Crippen molar-refractivity contribution in [1.29, 1.82) is 0 Å².